The van der Waals surface area contributed by atoms with Crippen LogP contribution in [0.25, 0.3) is 0 Å². The molecule has 3 aromatic heterocycles. The number of alkyl halides is 2. The standard InChI is InChI=1S/C20H23F3N10O2/c21-13(9-33-11-18(28-30-33)26-19(34)12-31-7-14(22)8-31)3-5-32-10-17(27-29-32)20(35)25-6-16-15(23)2-1-4-24-16/h1-2,4,10-11,13-14H,3,5-9,12H2,(H,25,35)(H,26,34). The largest absolute Gasteiger partial charge is 0.345 e. The van der Waals surface area contributed by atoms with Gasteiger partial charge >= 0.3 is 0 Å². The molecule has 15 heteroatoms. The number of likely N-dealkylation sites (tertiary alicyclic amines) is 1. The molecule has 0 spiro atoms. The maximum absolute atomic E-state index is 14.4. The number of amides is 2. The zero-order valence-electron chi connectivity index (χ0n) is 18.5. The third-order valence-corrected chi connectivity index (χ3v) is 5.16. The lowest BCUT2D eigenvalue weighted by Gasteiger charge is -2.33. The molecule has 186 valence electrons. The maximum Gasteiger partial charge on any atom is 0.273 e. The van der Waals surface area contributed by atoms with Crippen molar-refractivity contribution < 1.29 is 22.8 Å². The first kappa shape index (κ1) is 24.3. The highest BCUT2D eigenvalue weighted by atomic mass is 19.1. The Balaban J connectivity index is 1.18. The van der Waals surface area contributed by atoms with Crippen molar-refractivity contribution in [3.05, 3.63) is 47.9 Å². The summed E-state index contributed by atoms with van der Waals surface area (Å²) in [5.74, 6) is -1.27. The van der Waals surface area contributed by atoms with Crippen LogP contribution in [0.5, 0.6) is 0 Å². The molecule has 2 N–H and O–H groups in total. The van der Waals surface area contributed by atoms with Crippen LogP contribution in [0, 0.1) is 5.82 Å². The van der Waals surface area contributed by atoms with Crippen molar-refractivity contribution >= 4 is 17.6 Å². The lowest BCUT2D eigenvalue weighted by molar-refractivity contribution is -0.119. The molecule has 1 fully saturated rings. The molecule has 4 heterocycles. The third kappa shape index (κ3) is 6.81. The van der Waals surface area contributed by atoms with Crippen LogP contribution in [0.4, 0.5) is 19.0 Å². The third-order valence-electron chi connectivity index (χ3n) is 5.16. The Morgan fingerprint density at radius 3 is 2.74 bits per heavy atom. The quantitative estimate of drug-likeness (QED) is 0.392. The van der Waals surface area contributed by atoms with Crippen molar-refractivity contribution in [2.75, 3.05) is 25.0 Å². The fourth-order valence-corrected chi connectivity index (χ4v) is 3.35. The van der Waals surface area contributed by atoms with Crippen LogP contribution in [0.15, 0.2) is 30.7 Å². The summed E-state index contributed by atoms with van der Waals surface area (Å²) in [5.41, 5.74) is 0.101. The van der Waals surface area contributed by atoms with Crippen molar-refractivity contribution in [2.45, 2.75) is 38.4 Å². The van der Waals surface area contributed by atoms with E-state index in [1.54, 1.807) is 4.90 Å². The van der Waals surface area contributed by atoms with Gasteiger partial charge in [0.25, 0.3) is 5.91 Å². The number of hydrogen-bond acceptors (Lipinski definition) is 8. The molecule has 2 amide bonds. The summed E-state index contributed by atoms with van der Waals surface area (Å²) in [6, 6.07) is 2.69. The maximum atomic E-state index is 14.4. The number of rotatable bonds is 11. The number of aromatic nitrogens is 7. The zero-order valence-corrected chi connectivity index (χ0v) is 18.5. The Morgan fingerprint density at radius 2 is 1.97 bits per heavy atom. The van der Waals surface area contributed by atoms with Crippen LogP contribution < -0.4 is 10.6 Å². The minimum Gasteiger partial charge on any atom is -0.345 e. The first-order valence-electron chi connectivity index (χ1n) is 10.8. The second-order valence-electron chi connectivity index (χ2n) is 8.03. The van der Waals surface area contributed by atoms with E-state index in [1.807, 2.05) is 0 Å². The molecule has 0 aliphatic carbocycles. The fraction of sp³-hybridized carbons (Fsp3) is 0.450. The molecule has 0 bridgehead atoms. The smallest absolute Gasteiger partial charge is 0.273 e. The van der Waals surface area contributed by atoms with Gasteiger partial charge in [-0.3, -0.25) is 24.2 Å². The molecule has 1 atom stereocenters. The SMILES string of the molecule is O=C(CN1CC(F)C1)Nc1cn(CC(F)CCn2cc(C(=O)NCc3ncccc3F)nn2)nn1. The van der Waals surface area contributed by atoms with Crippen LogP contribution in [0.3, 0.4) is 0 Å². The first-order chi connectivity index (χ1) is 16.9. The summed E-state index contributed by atoms with van der Waals surface area (Å²) in [5, 5.41) is 20.2. The topological polar surface area (TPSA) is 136 Å². The average molecular weight is 492 g/mol. The summed E-state index contributed by atoms with van der Waals surface area (Å²) in [7, 11) is 0. The predicted octanol–water partition coefficient (Wildman–Crippen LogP) is 0.354. The van der Waals surface area contributed by atoms with Crippen LogP contribution in [-0.2, 0) is 24.4 Å². The van der Waals surface area contributed by atoms with Crippen LogP contribution >= 0.6 is 0 Å². The van der Waals surface area contributed by atoms with E-state index in [-0.39, 0.29) is 68.8 Å². The molecule has 1 saturated heterocycles. The number of carbonyl (C=O) groups excluding carboxylic acids is 2. The number of halogens is 3. The van der Waals surface area contributed by atoms with E-state index in [2.05, 4.69) is 36.2 Å². The van der Waals surface area contributed by atoms with Crippen LogP contribution in [0.1, 0.15) is 22.6 Å². The second-order valence-corrected chi connectivity index (χ2v) is 8.03. The van der Waals surface area contributed by atoms with Gasteiger partial charge in [-0.25, -0.2) is 17.9 Å². The van der Waals surface area contributed by atoms with Crippen molar-refractivity contribution in [2.24, 2.45) is 0 Å². The summed E-state index contributed by atoms with van der Waals surface area (Å²) in [6.45, 7) is 0.453. The summed E-state index contributed by atoms with van der Waals surface area (Å²) in [6.07, 6.45) is 2.04. The highest BCUT2D eigenvalue weighted by molar-refractivity contribution is 5.92. The predicted molar refractivity (Wildman–Crippen MR) is 115 cm³/mol. The van der Waals surface area contributed by atoms with Gasteiger partial charge in [0.05, 0.1) is 37.7 Å². The van der Waals surface area contributed by atoms with E-state index in [0.29, 0.717) is 0 Å². The number of anilines is 1. The molecule has 1 aliphatic rings. The Labute approximate surface area is 197 Å². The van der Waals surface area contributed by atoms with E-state index < -0.39 is 24.1 Å². The number of nitrogens with one attached hydrogen (secondary N) is 2. The molecule has 12 nitrogen and oxygen atoms in total. The van der Waals surface area contributed by atoms with E-state index >= 15 is 0 Å². The highest BCUT2D eigenvalue weighted by Gasteiger charge is 2.27. The molecule has 4 rings (SSSR count). The van der Waals surface area contributed by atoms with E-state index in [0.717, 1.165) is 0 Å². The van der Waals surface area contributed by atoms with Crippen LogP contribution in [0.2, 0.25) is 0 Å². The lowest BCUT2D eigenvalue weighted by Crippen LogP contribution is -2.51. The van der Waals surface area contributed by atoms with Gasteiger partial charge in [0.1, 0.15) is 18.2 Å². The molecular weight excluding hydrogens is 469 g/mol. The van der Waals surface area contributed by atoms with E-state index in [1.165, 1.54) is 40.1 Å². The molecule has 0 aromatic carbocycles. The van der Waals surface area contributed by atoms with Gasteiger partial charge < -0.3 is 10.6 Å². The molecule has 0 saturated carbocycles. The fourth-order valence-electron chi connectivity index (χ4n) is 3.35. The number of pyridine rings is 1. The van der Waals surface area contributed by atoms with Gasteiger partial charge in [0.2, 0.25) is 5.91 Å². The van der Waals surface area contributed by atoms with Crippen LogP contribution in [-0.4, -0.2) is 83.7 Å². The van der Waals surface area contributed by atoms with Gasteiger partial charge in [-0.15, -0.1) is 10.2 Å². The van der Waals surface area contributed by atoms with Crippen molar-refractivity contribution in [3.63, 3.8) is 0 Å². The average Bonchev–Trinajstić information content (AvgIpc) is 3.45. The Kier molecular flexibility index (Phi) is 7.64. The Hall–Kier alpha value is -3.88. The van der Waals surface area contributed by atoms with E-state index in [4.69, 9.17) is 0 Å². The van der Waals surface area contributed by atoms with Gasteiger partial charge in [-0.2, -0.15) is 0 Å². The van der Waals surface area contributed by atoms with Gasteiger partial charge in [0, 0.05) is 32.3 Å². The monoisotopic (exact) mass is 492 g/mol. The molecule has 1 unspecified atom stereocenters. The van der Waals surface area contributed by atoms with Crippen molar-refractivity contribution in [1.82, 2.24) is 45.2 Å². The summed E-state index contributed by atoms with van der Waals surface area (Å²) >= 11 is 0. The molecular formula is C20H23F3N10O2. The summed E-state index contributed by atoms with van der Waals surface area (Å²) < 4.78 is 43.4. The number of aryl methyl sites for hydroxylation is 1. The van der Waals surface area contributed by atoms with Gasteiger partial charge in [0.15, 0.2) is 11.5 Å². The number of hydrogen-bond donors (Lipinski definition) is 2. The van der Waals surface area contributed by atoms with E-state index in [9.17, 15) is 22.8 Å². The zero-order chi connectivity index (χ0) is 24.8. The summed E-state index contributed by atoms with van der Waals surface area (Å²) in [4.78, 5) is 29.6. The number of carbonyl (C=O) groups is 2. The number of nitrogens with zero attached hydrogens (tertiary/aromatic N) is 8. The van der Waals surface area contributed by atoms with Crippen molar-refractivity contribution in [3.8, 4) is 0 Å². The normalized spacial score (nSPS) is 14.9. The second kappa shape index (κ2) is 11.0. The Morgan fingerprint density at radius 1 is 1.17 bits per heavy atom. The molecule has 0 radical (unpaired) electrons. The minimum absolute atomic E-state index is 0.00803. The highest BCUT2D eigenvalue weighted by Crippen LogP contribution is 2.11. The van der Waals surface area contributed by atoms with Crippen molar-refractivity contribution in [1.29, 1.82) is 0 Å². The molecule has 1 aliphatic heterocycles. The van der Waals surface area contributed by atoms with Gasteiger partial charge in [-0.1, -0.05) is 10.4 Å². The molecule has 35 heavy (non-hydrogen) atoms. The lowest BCUT2D eigenvalue weighted by atomic mass is 10.2. The van der Waals surface area contributed by atoms with Gasteiger partial charge in [-0.05, 0) is 12.1 Å². The Bertz CT molecular complexity index is 1160. The minimum atomic E-state index is -1.31. The molecule has 3 aromatic rings. The first-order valence-corrected chi connectivity index (χ1v) is 10.8.